The van der Waals surface area contributed by atoms with Gasteiger partial charge in [0.25, 0.3) is 0 Å². The van der Waals surface area contributed by atoms with Crippen molar-refractivity contribution in [3.63, 3.8) is 0 Å². The van der Waals surface area contributed by atoms with Crippen LogP contribution in [0.3, 0.4) is 0 Å². The molecule has 1 spiro atoms. The smallest absolute Gasteiger partial charge is 0.493 e. The van der Waals surface area contributed by atoms with E-state index in [2.05, 4.69) is 216 Å². The van der Waals surface area contributed by atoms with Gasteiger partial charge in [-0.1, -0.05) is 95.8 Å². The molecule has 1 atom stereocenters. The van der Waals surface area contributed by atoms with E-state index in [-0.39, 0.29) is 0 Å². The first kappa shape index (κ1) is 42.9. The van der Waals surface area contributed by atoms with Crippen LogP contribution >= 0.6 is 0 Å². The van der Waals surface area contributed by atoms with Crippen molar-refractivity contribution >= 4 is 33.7 Å². The van der Waals surface area contributed by atoms with Gasteiger partial charge in [0, 0.05) is 59.6 Å². The molecular weight excluding hydrogens is 857 g/mol. The highest BCUT2D eigenvalue weighted by molar-refractivity contribution is 6.30. The van der Waals surface area contributed by atoms with Crippen LogP contribution in [-0.4, -0.2) is 107 Å². The van der Waals surface area contributed by atoms with E-state index in [4.69, 9.17) is 18.9 Å². The van der Waals surface area contributed by atoms with Gasteiger partial charge in [-0.3, -0.25) is 0 Å². The molecular formula is C59H58N6O4+2. The molecule has 0 amide bonds. The summed E-state index contributed by atoms with van der Waals surface area (Å²) in [4.78, 5) is 4.32. The number of benzene rings is 4. The molecule has 10 nitrogen and oxygen atoms in total. The van der Waals surface area contributed by atoms with Gasteiger partial charge >= 0.3 is 5.91 Å². The first-order valence-electron chi connectivity index (χ1n) is 24.4. The Morgan fingerprint density at radius 2 is 0.783 bits per heavy atom. The van der Waals surface area contributed by atoms with E-state index in [1.165, 1.54) is 0 Å². The summed E-state index contributed by atoms with van der Waals surface area (Å²) in [6.45, 7) is 8.26. The Morgan fingerprint density at radius 3 is 1.16 bits per heavy atom. The summed E-state index contributed by atoms with van der Waals surface area (Å²) >= 11 is 0. The average Bonchev–Trinajstić information content (AvgIpc) is 4.20. The van der Waals surface area contributed by atoms with Crippen molar-refractivity contribution in [1.29, 1.82) is 0 Å². The van der Waals surface area contributed by atoms with Crippen LogP contribution in [0.2, 0.25) is 0 Å². The van der Waals surface area contributed by atoms with Crippen molar-refractivity contribution in [2.75, 3.05) is 67.7 Å². The molecule has 6 aliphatic heterocycles. The lowest BCUT2D eigenvalue weighted by molar-refractivity contribution is -0.834. The normalized spacial score (nSPS) is 17.8. The Morgan fingerprint density at radius 1 is 0.420 bits per heavy atom. The maximum Gasteiger partial charge on any atom is 0.553 e. The van der Waals surface area contributed by atoms with Gasteiger partial charge in [0.15, 0.2) is 0 Å². The molecule has 0 saturated heterocycles. The highest BCUT2D eigenvalue weighted by atomic mass is 16.5. The van der Waals surface area contributed by atoms with Crippen molar-refractivity contribution in [3.05, 3.63) is 201 Å². The van der Waals surface area contributed by atoms with Crippen molar-refractivity contribution < 1.29 is 28.1 Å². The Labute approximate surface area is 403 Å². The second kappa shape index (κ2) is 17.0. The average molecular weight is 915 g/mol. The van der Waals surface area contributed by atoms with Crippen molar-refractivity contribution in [1.82, 2.24) is 18.9 Å². The molecule has 69 heavy (non-hydrogen) atoms. The summed E-state index contributed by atoms with van der Waals surface area (Å²) in [6, 6.07) is 43.5. The zero-order valence-corrected chi connectivity index (χ0v) is 40.3. The first-order valence-corrected chi connectivity index (χ1v) is 24.4. The number of rotatable bonds is 18. The predicted molar refractivity (Wildman–Crippen MR) is 273 cm³/mol. The van der Waals surface area contributed by atoms with Gasteiger partial charge in [0.2, 0.25) is 22.8 Å². The molecule has 0 radical (unpaired) electrons. The lowest BCUT2D eigenvalue weighted by atomic mass is 9.92. The molecule has 2 aromatic heterocycles. The van der Waals surface area contributed by atoms with E-state index >= 15 is 0 Å². The second-order valence-corrected chi connectivity index (χ2v) is 18.8. The molecule has 0 fully saturated rings. The summed E-state index contributed by atoms with van der Waals surface area (Å²) in [7, 11) is 8.34. The third kappa shape index (κ3) is 6.38. The number of hydrogen-bond donors (Lipinski definition) is 0. The summed E-state index contributed by atoms with van der Waals surface area (Å²) in [5.74, 6) is 2.45. The number of ether oxygens (including phenoxy) is 4. The summed E-state index contributed by atoms with van der Waals surface area (Å²) in [6.07, 6.45) is 11.1. The Bertz CT molecular complexity index is 3450. The SMILES string of the molecule is CCCOc1ccccc1C1=C2C=CC3=[N+]2C24n5c1ccc5C(c1ccccc1OCCN(C)C)=C1C=CC(=[N+]12)C(c1ccccc1OCCN(C)C)=c1ccc(n14)=C3c1ccccc1OCCC. The minimum absolute atomic E-state index is 0.559. The number of aromatic nitrogens is 2. The van der Waals surface area contributed by atoms with Crippen LogP contribution < -0.4 is 29.6 Å². The van der Waals surface area contributed by atoms with Crippen LogP contribution in [0.15, 0.2) is 157 Å². The zero-order valence-electron chi connectivity index (χ0n) is 40.3. The predicted octanol–water partition coefficient (Wildman–Crippen LogP) is 7.88. The molecule has 1 unspecified atom stereocenters. The number of hydrogen-bond acceptors (Lipinski definition) is 6. The number of allylic oxidation sites excluding steroid dienone is 4. The molecule has 0 aliphatic carbocycles. The number of para-hydroxylation sites is 4. The van der Waals surface area contributed by atoms with Gasteiger partial charge in [0.1, 0.15) is 36.2 Å². The van der Waals surface area contributed by atoms with Crippen molar-refractivity contribution in [2.24, 2.45) is 0 Å². The van der Waals surface area contributed by atoms with Gasteiger partial charge in [-0.15, -0.1) is 0 Å². The van der Waals surface area contributed by atoms with E-state index in [0.29, 0.717) is 26.4 Å². The van der Waals surface area contributed by atoms with E-state index < -0.39 is 5.91 Å². The molecule has 6 aliphatic rings. The molecule has 12 rings (SSSR count). The number of nitrogens with zero attached hydrogens (tertiary/aromatic N) is 6. The lowest BCUT2D eigenvalue weighted by Crippen LogP contribution is -2.71. The van der Waals surface area contributed by atoms with Gasteiger partial charge in [-0.05, 0) is 89.6 Å². The van der Waals surface area contributed by atoms with Crippen LogP contribution in [0, 0.1) is 0 Å². The largest absolute Gasteiger partial charge is 0.553 e. The Kier molecular flexibility index (Phi) is 10.6. The fraction of sp³-hybridized carbons (Fsp3) is 0.254. The molecule has 8 heterocycles. The standard InChI is InChI=1S/C59H58N6O4/c1-7-35-66-51-21-13-9-17-39(51)55-43-25-26-44-56(40-18-10-14-22-52(40)67-36-8-2)46-28-30-48-58(42-20-12-16-24-54(42)69-38-34-61(5)6)50-32-31-49-57(41-19-11-15-23-53(41)68-37-33-60(3)4)47-29-27-45(55)63(47)59(62(43)44,64(46)48)65(49)50/h9-32H,7-8,33-38H2,1-6H3/q+2. The highest BCUT2D eigenvalue weighted by Crippen LogP contribution is 2.55. The minimum Gasteiger partial charge on any atom is -0.493 e. The molecule has 10 heteroatoms. The van der Waals surface area contributed by atoms with E-state index in [9.17, 15) is 0 Å². The summed E-state index contributed by atoms with van der Waals surface area (Å²) in [5, 5.41) is 2.19. The van der Waals surface area contributed by atoms with Gasteiger partial charge < -0.3 is 28.7 Å². The Hall–Kier alpha value is -7.40. The van der Waals surface area contributed by atoms with E-state index in [0.717, 1.165) is 138 Å². The Balaban J connectivity index is 1.25. The fourth-order valence-corrected chi connectivity index (χ4v) is 11.1. The maximum absolute atomic E-state index is 6.75. The van der Waals surface area contributed by atoms with Gasteiger partial charge in [0.05, 0.1) is 57.6 Å². The summed E-state index contributed by atoms with van der Waals surface area (Å²) in [5.41, 5.74) is 15.2. The van der Waals surface area contributed by atoms with Crippen LogP contribution in [0.5, 0.6) is 23.0 Å². The van der Waals surface area contributed by atoms with Gasteiger partial charge in [-0.25, -0.2) is 0 Å². The zero-order chi connectivity index (χ0) is 47.0. The molecule has 6 aromatic rings. The minimum atomic E-state index is -0.982. The van der Waals surface area contributed by atoms with E-state index in [1.807, 2.05) is 0 Å². The van der Waals surface area contributed by atoms with E-state index in [1.54, 1.807) is 0 Å². The van der Waals surface area contributed by atoms with Crippen molar-refractivity contribution in [3.8, 4) is 23.0 Å². The third-order valence-corrected chi connectivity index (χ3v) is 13.9. The highest BCUT2D eigenvalue weighted by Gasteiger charge is 2.73. The topological polar surface area (TPSA) is 59.3 Å². The molecule has 346 valence electrons. The third-order valence-electron chi connectivity index (χ3n) is 13.9. The molecule has 0 saturated carbocycles. The van der Waals surface area contributed by atoms with Crippen LogP contribution in [0.4, 0.5) is 0 Å². The quantitative estimate of drug-likeness (QED) is 0.0819. The number of likely N-dealkylation sites (N-methyl/N-ethyl adjacent to an activating group) is 2. The maximum atomic E-state index is 6.75. The van der Waals surface area contributed by atoms with Crippen LogP contribution in [0.25, 0.3) is 22.3 Å². The first-order chi connectivity index (χ1) is 33.9. The molecule has 0 bridgehead atoms. The fourth-order valence-electron chi connectivity index (χ4n) is 11.1. The van der Waals surface area contributed by atoms with Gasteiger partial charge in [-0.2, -0.15) is 9.13 Å². The summed E-state index contributed by atoms with van der Waals surface area (Å²) < 4.78 is 37.2. The van der Waals surface area contributed by atoms with Crippen LogP contribution in [-0.2, 0) is 5.91 Å². The van der Waals surface area contributed by atoms with Crippen molar-refractivity contribution in [2.45, 2.75) is 32.6 Å². The molecule has 0 N–H and O–H groups in total. The monoisotopic (exact) mass is 914 g/mol. The molecule has 4 aromatic carbocycles. The second-order valence-electron chi connectivity index (χ2n) is 18.8. The lowest BCUT2D eigenvalue weighted by Gasteiger charge is -2.41. The van der Waals surface area contributed by atoms with Crippen LogP contribution in [0.1, 0.15) is 60.3 Å².